The topological polar surface area (TPSA) is 21.3 Å². The van der Waals surface area contributed by atoms with Crippen molar-refractivity contribution >= 4 is 0 Å². The average molecular weight is 191 g/mol. The van der Waals surface area contributed by atoms with Gasteiger partial charge in [-0.15, -0.1) is 0 Å². The highest BCUT2D eigenvalue weighted by molar-refractivity contribution is 5.40. The van der Waals surface area contributed by atoms with Gasteiger partial charge < -0.3 is 10.1 Å². The van der Waals surface area contributed by atoms with Crippen molar-refractivity contribution in [2.45, 2.75) is 25.3 Å². The molecule has 2 heteroatoms. The van der Waals surface area contributed by atoms with E-state index in [1.165, 1.54) is 24.0 Å². The lowest BCUT2D eigenvalue weighted by Crippen LogP contribution is -2.06. The van der Waals surface area contributed by atoms with Crippen molar-refractivity contribution in [1.29, 1.82) is 0 Å². The number of ether oxygens (including phenoxy) is 1. The van der Waals surface area contributed by atoms with Crippen molar-refractivity contribution < 1.29 is 4.74 Å². The molecular formula is C12H17NO. The standard InChI is InChI=1S/C12H17NO/c1-13-8-11-6-5-10(9-3-4-9)7-12(11)14-2/h5-7,9,13H,3-4,8H2,1-2H3. The highest BCUT2D eigenvalue weighted by atomic mass is 16.5. The van der Waals surface area contributed by atoms with Crippen LogP contribution in [0.3, 0.4) is 0 Å². The van der Waals surface area contributed by atoms with Gasteiger partial charge in [0.1, 0.15) is 5.75 Å². The van der Waals surface area contributed by atoms with Crippen molar-refractivity contribution in [3.05, 3.63) is 29.3 Å². The van der Waals surface area contributed by atoms with Crippen LogP contribution in [0.4, 0.5) is 0 Å². The molecule has 0 heterocycles. The summed E-state index contributed by atoms with van der Waals surface area (Å²) < 4.78 is 5.38. The fourth-order valence-electron chi connectivity index (χ4n) is 1.77. The minimum atomic E-state index is 0.799. The number of hydrogen-bond donors (Lipinski definition) is 1. The molecular weight excluding hydrogens is 174 g/mol. The number of benzene rings is 1. The van der Waals surface area contributed by atoms with Gasteiger partial charge in [-0.2, -0.15) is 0 Å². The van der Waals surface area contributed by atoms with E-state index in [2.05, 4.69) is 23.5 Å². The predicted octanol–water partition coefficient (Wildman–Crippen LogP) is 2.29. The van der Waals surface area contributed by atoms with Crippen LogP contribution in [0.15, 0.2) is 18.2 Å². The summed E-state index contributed by atoms with van der Waals surface area (Å²) in [5, 5.41) is 3.14. The maximum absolute atomic E-state index is 5.38. The van der Waals surface area contributed by atoms with E-state index in [0.29, 0.717) is 0 Å². The molecule has 0 spiro atoms. The first-order valence-corrected chi connectivity index (χ1v) is 5.16. The zero-order valence-corrected chi connectivity index (χ0v) is 8.84. The van der Waals surface area contributed by atoms with Crippen LogP contribution in [-0.4, -0.2) is 14.2 Å². The molecule has 0 amide bonds. The molecule has 0 saturated heterocycles. The molecule has 1 aromatic rings. The van der Waals surface area contributed by atoms with E-state index in [9.17, 15) is 0 Å². The Balaban J connectivity index is 2.24. The first-order chi connectivity index (χ1) is 6.85. The highest BCUT2D eigenvalue weighted by Gasteiger charge is 2.24. The summed E-state index contributed by atoms with van der Waals surface area (Å²) in [4.78, 5) is 0. The number of rotatable bonds is 4. The van der Waals surface area contributed by atoms with E-state index in [1.807, 2.05) is 7.05 Å². The molecule has 76 valence electrons. The smallest absolute Gasteiger partial charge is 0.123 e. The maximum Gasteiger partial charge on any atom is 0.123 e. The molecule has 1 fully saturated rings. The maximum atomic E-state index is 5.38. The molecule has 0 atom stereocenters. The lowest BCUT2D eigenvalue weighted by atomic mass is 10.1. The van der Waals surface area contributed by atoms with Gasteiger partial charge in [0.05, 0.1) is 7.11 Å². The summed E-state index contributed by atoms with van der Waals surface area (Å²) in [6.07, 6.45) is 2.68. The molecule has 0 unspecified atom stereocenters. The van der Waals surface area contributed by atoms with Crippen LogP contribution >= 0.6 is 0 Å². The largest absolute Gasteiger partial charge is 0.496 e. The van der Waals surface area contributed by atoms with Crippen LogP contribution in [0.25, 0.3) is 0 Å². The van der Waals surface area contributed by atoms with Crippen molar-refractivity contribution in [2.75, 3.05) is 14.2 Å². The molecule has 0 radical (unpaired) electrons. The van der Waals surface area contributed by atoms with Crippen LogP contribution in [-0.2, 0) is 6.54 Å². The second kappa shape index (κ2) is 4.01. The zero-order valence-electron chi connectivity index (χ0n) is 8.84. The lowest BCUT2D eigenvalue weighted by molar-refractivity contribution is 0.408. The second-order valence-corrected chi connectivity index (χ2v) is 3.88. The minimum absolute atomic E-state index is 0.799. The van der Waals surface area contributed by atoms with Crippen LogP contribution in [0.1, 0.15) is 29.9 Å². The highest BCUT2D eigenvalue weighted by Crippen LogP contribution is 2.41. The summed E-state index contributed by atoms with van der Waals surface area (Å²) in [5.41, 5.74) is 2.67. The van der Waals surface area contributed by atoms with Gasteiger partial charge in [0.25, 0.3) is 0 Å². The van der Waals surface area contributed by atoms with E-state index >= 15 is 0 Å². The first kappa shape index (κ1) is 9.53. The van der Waals surface area contributed by atoms with Crippen molar-refractivity contribution in [2.24, 2.45) is 0 Å². The number of methoxy groups -OCH3 is 1. The molecule has 1 aromatic carbocycles. The quantitative estimate of drug-likeness (QED) is 0.788. The third-order valence-corrected chi connectivity index (χ3v) is 2.73. The van der Waals surface area contributed by atoms with Gasteiger partial charge in [-0.05, 0) is 37.4 Å². The molecule has 0 aromatic heterocycles. The molecule has 0 bridgehead atoms. The van der Waals surface area contributed by atoms with Gasteiger partial charge in [-0.1, -0.05) is 12.1 Å². The van der Waals surface area contributed by atoms with Crippen LogP contribution in [0, 0.1) is 0 Å². The average Bonchev–Trinajstić information content (AvgIpc) is 3.02. The van der Waals surface area contributed by atoms with E-state index in [-0.39, 0.29) is 0 Å². The Morgan fingerprint density at radius 3 is 2.79 bits per heavy atom. The second-order valence-electron chi connectivity index (χ2n) is 3.88. The predicted molar refractivity (Wildman–Crippen MR) is 57.7 cm³/mol. The van der Waals surface area contributed by atoms with Crippen LogP contribution < -0.4 is 10.1 Å². The molecule has 14 heavy (non-hydrogen) atoms. The number of hydrogen-bond acceptors (Lipinski definition) is 2. The van der Waals surface area contributed by atoms with Crippen molar-refractivity contribution in [3.63, 3.8) is 0 Å². The Labute approximate surface area is 85.3 Å². The lowest BCUT2D eigenvalue weighted by Gasteiger charge is -2.09. The summed E-state index contributed by atoms with van der Waals surface area (Å²) >= 11 is 0. The van der Waals surface area contributed by atoms with Gasteiger partial charge >= 0.3 is 0 Å². The van der Waals surface area contributed by atoms with Crippen molar-refractivity contribution in [1.82, 2.24) is 5.32 Å². The summed E-state index contributed by atoms with van der Waals surface area (Å²) in [7, 11) is 3.69. The van der Waals surface area contributed by atoms with E-state index in [0.717, 1.165) is 18.2 Å². The molecule has 1 saturated carbocycles. The zero-order chi connectivity index (χ0) is 9.97. The van der Waals surface area contributed by atoms with Gasteiger partial charge in [0.2, 0.25) is 0 Å². The van der Waals surface area contributed by atoms with Gasteiger partial charge in [0.15, 0.2) is 0 Å². The Bertz CT molecular complexity index is 318. The fourth-order valence-corrected chi connectivity index (χ4v) is 1.77. The van der Waals surface area contributed by atoms with E-state index in [1.54, 1.807) is 7.11 Å². The normalized spacial score (nSPS) is 15.6. The SMILES string of the molecule is CNCc1ccc(C2CC2)cc1OC. The minimum Gasteiger partial charge on any atom is -0.496 e. The van der Waals surface area contributed by atoms with Gasteiger partial charge in [-0.3, -0.25) is 0 Å². The Hall–Kier alpha value is -1.02. The van der Waals surface area contributed by atoms with Gasteiger partial charge in [0, 0.05) is 12.1 Å². The van der Waals surface area contributed by atoms with Crippen LogP contribution in [0.5, 0.6) is 5.75 Å². The molecule has 2 nitrogen and oxygen atoms in total. The third kappa shape index (κ3) is 1.90. The first-order valence-electron chi connectivity index (χ1n) is 5.16. The van der Waals surface area contributed by atoms with E-state index < -0.39 is 0 Å². The number of nitrogens with one attached hydrogen (secondary N) is 1. The molecule has 1 aliphatic carbocycles. The Morgan fingerprint density at radius 1 is 1.43 bits per heavy atom. The van der Waals surface area contributed by atoms with E-state index in [4.69, 9.17) is 4.74 Å². The monoisotopic (exact) mass is 191 g/mol. The van der Waals surface area contributed by atoms with Crippen LogP contribution in [0.2, 0.25) is 0 Å². The Kier molecular flexibility index (Phi) is 2.73. The fraction of sp³-hybridized carbons (Fsp3) is 0.500. The summed E-state index contributed by atoms with van der Waals surface area (Å²) in [6, 6.07) is 6.58. The molecule has 1 N–H and O–H groups in total. The van der Waals surface area contributed by atoms with Crippen molar-refractivity contribution in [3.8, 4) is 5.75 Å². The van der Waals surface area contributed by atoms with Gasteiger partial charge in [-0.25, -0.2) is 0 Å². The molecule has 0 aliphatic heterocycles. The Morgan fingerprint density at radius 2 is 2.21 bits per heavy atom. The molecule has 1 aliphatic rings. The summed E-state index contributed by atoms with van der Waals surface area (Å²) in [5.74, 6) is 1.82. The summed E-state index contributed by atoms with van der Waals surface area (Å²) in [6.45, 7) is 0.869. The third-order valence-electron chi connectivity index (χ3n) is 2.73. The molecule has 2 rings (SSSR count).